The molecule has 1 atom stereocenters. The number of fused-ring (bicyclic) bond motifs is 1. The second-order valence-corrected chi connectivity index (χ2v) is 6.83. The number of para-hydroxylation sites is 1. The van der Waals surface area contributed by atoms with E-state index in [1.807, 2.05) is 24.3 Å². The molecule has 2 aromatic rings. The van der Waals surface area contributed by atoms with Crippen molar-refractivity contribution in [3.8, 4) is 0 Å². The molecule has 27 heavy (non-hydrogen) atoms. The molecule has 4 nitrogen and oxygen atoms in total. The molecule has 1 aromatic carbocycles. The summed E-state index contributed by atoms with van der Waals surface area (Å²) in [6.45, 7) is 1.23. The predicted octanol–water partition coefficient (Wildman–Crippen LogP) is 3.66. The van der Waals surface area contributed by atoms with Crippen LogP contribution >= 0.6 is 0 Å². The van der Waals surface area contributed by atoms with Crippen molar-refractivity contribution in [2.24, 2.45) is 5.92 Å². The van der Waals surface area contributed by atoms with Crippen LogP contribution in [0, 0.1) is 11.7 Å². The Kier molecular flexibility index (Phi) is 4.28. The summed E-state index contributed by atoms with van der Waals surface area (Å²) >= 11 is 0. The summed E-state index contributed by atoms with van der Waals surface area (Å²) in [5.74, 6) is -1.53. The van der Waals surface area contributed by atoms with E-state index < -0.39 is 17.6 Å². The molecule has 1 unspecified atom stereocenters. The summed E-state index contributed by atoms with van der Waals surface area (Å²) in [4.78, 5) is 19.8. The van der Waals surface area contributed by atoms with Gasteiger partial charge in [0.2, 0.25) is 5.91 Å². The molecule has 1 aromatic heterocycles. The lowest BCUT2D eigenvalue weighted by atomic mass is 10.1. The van der Waals surface area contributed by atoms with Crippen LogP contribution in [0.25, 0.3) is 0 Å². The molecule has 8 heteroatoms. The van der Waals surface area contributed by atoms with Crippen LogP contribution in [-0.2, 0) is 17.4 Å². The number of rotatable bonds is 2. The summed E-state index contributed by atoms with van der Waals surface area (Å²) in [6, 6.07) is 8.17. The summed E-state index contributed by atoms with van der Waals surface area (Å²) in [5, 5.41) is 0. The predicted molar refractivity (Wildman–Crippen MR) is 92.0 cm³/mol. The molecule has 2 aliphatic rings. The maximum absolute atomic E-state index is 14.2. The Balaban J connectivity index is 1.49. The minimum absolute atomic E-state index is 0.0326. The zero-order valence-corrected chi connectivity index (χ0v) is 14.3. The van der Waals surface area contributed by atoms with Crippen molar-refractivity contribution in [3.05, 3.63) is 53.5 Å². The molecule has 142 valence electrons. The van der Waals surface area contributed by atoms with Crippen molar-refractivity contribution in [3.63, 3.8) is 0 Å². The highest BCUT2D eigenvalue weighted by molar-refractivity contribution is 5.97. The molecular formula is C19H17F4N3O. The van der Waals surface area contributed by atoms with Crippen LogP contribution < -0.4 is 9.80 Å². The van der Waals surface area contributed by atoms with Crippen molar-refractivity contribution < 1.29 is 22.4 Å². The fraction of sp³-hybridized carbons (Fsp3) is 0.368. The Hall–Kier alpha value is -2.64. The van der Waals surface area contributed by atoms with Crippen molar-refractivity contribution in [2.75, 3.05) is 29.4 Å². The number of anilines is 2. The lowest BCUT2D eigenvalue weighted by molar-refractivity contribution is -0.138. The van der Waals surface area contributed by atoms with Crippen molar-refractivity contribution in [2.45, 2.75) is 19.0 Å². The van der Waals surface area contributed by atoms with E-state index in [1.54, 1.807) is 9.80 Å². The number of amides is 1. The summed E-state index contributed by atoms with van der Waals surface area (Å²) in [6.07, 6.45) is -2.70. The van der Waals surface area contributed by atoms with E-state index in [2.05, 4.69) is 4.98 Å². The van der Waals surface area contributed by atoms with Gasteiger partial charge in [-0.3, -0.25) is 4.79 Å². The zero-order chi connectivity index (χ0) is 19.2. The Morgan fingerprint density at radius 3 is 2.70 bits per heavy atom. The van der Waals surface area contributed by atoms with Gasteiger partial charge in [0.25, 0.3) is 0 Å². The Morgan fingerprint density at radius 2 is 1.96 bits per heavy atom. The Morgan fingerprint density at radius 1 is 1.19 bits per heavy atom. The number of carbonyl (C=O) groups excluding carboxylic acids is 1. The highest BCUT2D eigenvalue weighted by atomic mass is 19.4. The topological polar surface area (TPSA) is 36.4 Å². The first-order valence-electron chi connectivity index (χ1n) is 8.71. The third-order valence-electron chi connectivity index (χ3n) is 5.14. The number of benzene rings is 1. The van der Waals surface area contributed by atoms with Crippen LogP contribution in [0.4, 0.5) is 29.1 Å². The van der Waals surface area contributed by atoms with E-state index in [1.165, 1.54) is 0 Å². The number of aromatic nitrogens is 1. The van der Waals surface area contributed by atoms with Gasteiger partial charge in [-0.05, 0) is 30.5 Å². The molecule has 3 heterocycles. The lowest BCUT2D eigenvalue weighted by Crippen LogP contribution is -2.36. The number of alkyl halides is 3. The average molecular weight is 379 g/mol. The van der Waals surface area contributed by atoms with Crippen LogP contribution in [-0.4, -0.2) is 30.5 Å². The molecule has 0 saturated carbocycles. The molecule has 1 fully saturated rings. The molecule has 0 radical (unpaired) electrons. The minimum Gasteiger partial charge on any atom is -0.353 e. The average Bonchev–Trinajstić information content (AvgIpc) is 3.27. The smallest absolute Gasteiger partial charge is 0.353 e. The number of hydrogen-bond donors (Lipinski definition) is 0. The van der Waals surface area contributed by atoms with E-state index in [0.717, 1.165) is 17.7 Å². The summed E-state index contributed by atoms with van der Waals surface area (Å²) in [5.41, 5.74) is 0.903. The van der Waals surface area contributed by atoms with Gasteiger partial charge < -0.3 is 9.80 Å². The van der Waals surface area contributed by atoms with E-state index in [-0.39, 0.29) is 24.2 Å². The second kappa shape index (κ2) is 6.51. The van der Waals surface area contributed by atoms with E-state index in [0.29, 0.717) is 31.8 Å². The quantitative estimate of drug-likeness (QED) is 0.748. The van der Waals surface area contributed by atoms with Crippen LogP contribution in [0.1, 0.15) is 17.5 Å². The first kappa shape index (κ1) is 17.8. The van der Waals surface area contributed by atoms with E-state index in [9.17, 15) is 22.4 Å². The second-order valence-electron chi connectivity index (χ2n) is 6.83. The van der Waals surface area contributed by atoms with Gasteiger partial charge in [0.15, 0.2) is 11.6 Å². The fourth-order valence-corrected chi connectivity index (χ4v) is 3.76. The number of carbonyl (C=O) groups is 1. The largest absolute Gasteiger partial charge is 0.417 e. The standard InChI is InChI=1S/C19H17F4N3O/c20-15-9-14(19(21,22)23)10-24-17(15)25-7-5-13(11-25)18(27)26-8-6-12-3-1-2-4-16(12)26/h1-4,9-10,13H,5-8,11H2. The van der Waals surface area contributed by atoms with Crippen LogP contribution in [0.15, 0.2) is 36.5 Å². The third kappa shape index (κ3) is 3.24. The van der Waals surface area contributed by atoms with Crippen molar-refractivity contribution in [1.29, 1.82) is 0 Å². The molecule has 0 bridgehead atoms. The van der Waals surface area contributed by atoms with Crippen molar-refractivity contribution >= 4 is 17.4 Å². The summed E-state index contributed by atoms with van der Waals surface area (Å²) in [7, 11) is 0. The van der Waals surface area contributed by atoms with Crippen LogP contribution in [0.2, 0.25) is 0 Å². The van der Waals surface area contributed by atoms with Gasteiger partial charge in [-0.15, -0.1) is 0 Å². The van der Waals surface area contributed by atoms with Gasteiger partial charge in [-0.1, -0.05) is 18.2 Å². The first-order chi connectivity index (χ1) is 12.8. The number of nitrogens with zero attached hydrogens (tertiary/aromatic N) is 3. The van der Waals surface area contributed by atoms with Crippen LogP contribution in [0.3, 0.4) is 0 Å². The third-order valence-corrected chi connectivity index (χ3v) is 5.14. The Bertz CT molecular complexity index is 883. The molecule has 0 aliphatic carbocycles. The molecule has 0 N–H and O–H groups in total. The highest BCUT2D eigenvalue weighted by Crippen LogP contribution is 2.34. The lowest BCUT2D eigenvalue weighted by Gasteiger charge is -2.22. The maximum Gasteiger partial charge on any atom is 0.417 e. The SMILES string of the molecule is O=C(C1CCN(c2ncc(C(F)(F)F)cc2F)C1)N1CCc2ccccc21. The van der Waals surface area contributed by atoms with Gasteiger partial charge in [-0.25, -0.2) is 9.37 Å². The zero-order valence-electron chi connectivity index (χ0n) is 14.3. The Labute approximate surface area is 153 Å². The number of halogens is 4. The molecule has 1 saturated heterocycles. The van der Waals surface area contributed by atoms with Crippen LogP contribution in [0.5, 0.6) is 0 Å². The van der Waals surface area contributed by atoms with E-state index >= 15 is 0 Å². The highest BCUT2D eigenvalue weighted by Gasteiger charge is 2.37. The molecule has 0 spiro atoms. The van der Waals surface area contributed by atoms with E-state index in [4.69, 9.17) is 0 Å². The normalized spacial score (nSPS) is 19.5. The van der Waals surface area contributed by atoms with Gasteiger partial charge in [0, 0.05) is 31.5 Å². The number of hydrogen-bond acceptors (Lipinski definition) is 3. The molecular weight excluding hydrogens is 362 g/mol. The fourth-order valence-electron chi connectivity index (χ4n) is 3.76. The number of pyridine rings is 1. The first-order valence-corrected chi connectivity index (χ1v) is 8.71. The maximum atomic E-state index is 14.2. The monoisotopic (exact) mass is 379 g/mol. The molecule has 4 rings (SSSR count). The molecule has 1 amide bonds. The van der Waals surface area contributed by atoms with Crippen molar-refractivity contribution in [1.82, 2.24) is 4.98 Å². The molecule has 2 aliphatic heterocycles. The minimum atomic E-state index is -4.64. The summed E-state index contributed by atoms with van der Waals surface area (Å²) < 4.78 is 52.2. The van der Waals surface area contributed by atoms with Gasteiger partial charge >= 0.3 is 6.18 Å². The van der Waals surface area contributed by atoms with Gasteiger partial charge in [-0.2, -0.15) is 13.2 Å². The van der Waals surface area contributed by atoms with Gasteiger partial charge in [0.1, 0.15) is 0 Å². The van der Waals surface area contributed by atoms with Gasteiger partial charge in [0.05, 0.1) is 11.5 Å².